The van der Waals surface area contributed by atoms with E-state index in [-0.39, 0.29) is 17.2 Å². The highest BCUT2D eigenvalue weighted by molar-refractivity contribution is 6.31. The summed E-state index contributed by atoms with van der Waals surface area (Å²) >= 11 is 5.72. The van der Waals surface area contributed by atoms with Gasteiger partial charge in [-0.2, -0.15) is 5.10 Å². The number of hydrazone groups is 1. The number of aromatic hydroxyl groups is 1. The maximum Gasteiger partial charge on any atom is 0.275 e. The van der Waals surface area contributed by atoms with Gasteiger partial charge < -0.3 is 5.11 Å². The average Bonchev–Trinajstić information content (AvgIpc) is 2.21. The molecule has 5 heteroatoms. The lowest BCUT2D eigenvalue weighted by molar-refractivity contribution is 0.0952. The van der Waals surface area contributed by atoms with Crippen molar-refractivity contribution in [1.82, 2.24) is 5.43 Å². The smallest absolute Gasteiger partial charge is 0.275 e. The number of phenolic OH excluding ortho intramolecular Hbond substituents is 1. The second-order valence-corrected chi connectivity index (χ2v) is 4.06. The number of carbonyl (C=O) groups is 1. The number of halogens is 1. The summed E-state index contributed by atoms with van der Waals surface area (Å²) in [6.07, 6.45) is 1.60. The first-order chi connectivity index (χ1) is 7.50. The van der Waals surface area contributed by atoms with Crippen LogP contribution in [0.3, 0.4) is 0 Å². The summed E-state index contributed by atoms with van der Waals surface area (Å²) in [6, 6.07) is 4.26. The van der Waals surface area contributed by atoms with Crippen molar-refractivity contribution in [1.29, 1.82) is 0 Å². The minimum atomic E-state index is -0.489. The van der Waals surface area contributed by atoms with Crippen LogP contribution in [0.25, 0.3) is 0 Å². The van der Waals surface area contributed by atoms with Gasteiger partial charge in [-0.1, -0.05) is 25.4 Å². The summed E-state index contributed by atoms with van der Waals surface area (Å²) in [5.41, 5.74) is 2.42. The van der Waals surface area contributed by atoms with Crippen LogP contribution in [0.4, 0.5) is 0 Å². The van der Waals surface area contributed by atoms with Gasteiger partial charge >= 0.3 is 0 Å². The lowest BCUT2D eigenvalue weighted by Crippen LogP contribution is -2.18. The fourth-order valence-electron chi connectivity index (χ4n) is 0.995. The van der Waals surface area contributed by atoms with E-state index in [1.807, 2.05) is 13.8 Å². The highest BCUT2D eigenvalue weighted by Crippen LogP contribution is 2.21. The molecule has 0 atom stereocenters. The molecule has 0 bridgehead atoms. The molecule has 86 valence electrons. The monoisotopic (exact) mass is 240 g/mol. The van der Waals surface area contributed by atoms with Gasteiger partial charge in [0.2, 0.25) is 0 Å². The maximum atomic E-state index is 11.6. The second-order valence-electron chi connectivity index (χ2n) is 3.62. The molecule has 1 aromatic rings. The minimum absolute atomic E-state index is 0.105. The van der Waals surface area contributed by atoms with Gasteiger partial charge in [-0.15, -0.1) is 0 Å². The summed E-state index contributed by atoms with van der Waals surface area (Å²) in [4.78, 5) is 11.6. The first-order valence-electron chi connectivity index (χ1n) is 4.82. The zero-order valence-corrected chi connectivity index (χ0v) is 9.82. The number of phenols is 1. The van der Waals surface area contributed by atoms with E-state index in [4.69, 9.17) is 11.6 Å². The Hall–Kier alpha value is -1.55. The molecule has 2 N–H and O–H groups in total. The predicted molar refractivity (Wildman–Crippen MR) is 63.9 cm³/mol. The number of carbonyl (C=O) groups excluding carboxylic acids is 1. The van der Waals surface area contributed by atoms with Crippen LogP contribution in [-0.4, -0.2) is 17.2 Å². The molecule has 0 spiro atoms. The molecule has 16 heavy (non-hydrogen) atoms. The van der Waals surface area contributed by atoms with Gasteiger partial charge in [0.15, 0.2) is 0 Å². The maximum absolute atomic E-state index is 11.6. The predicted octanol–water partition coefficient (Wildman–Crippen LogP) is 2.42. The Bertz CT molecular complexity index is 416. The summed E-state index contributed by atoms with van der Waals surface area (Å²) < 4.78 is 0. The zero-order valence-electron chi connectivity index (χ0n) is 9.07. The number of rotatable bonds is 3. The standard InChI is InChI=1S/C11H13ClN2O2/c1-7(2)6-13-14-11(16)9-5-8(12)3-4-10(9)15/h3-7,15H,1-2H3,(H,14,16)/b13-6-. The van der Waals surface area contributed by atoms with Gasteiger partial charge in [-0.25, -0.2) is 5.43 Å². The topological polar surface area (TPSA) is 61.7 Å². The number of hydrogen-bond donors (Lipinski definition) is 2. The molecule has 0 aliphatic heterocycles. The third kappa shape index (κ3) is 3.55. The Labute approximate surface area is 98.9 Å². The molecule has 4 nitrogen and oxygen atoms in total. The number of hydrogen-bond acceptors (Lipinski definition) is 3. The molecule has 0 aliphatic rings. The summed E-state index contributed by atoms with van der Waals surface area (Å²) in [5, 5.41) is 13.6. The van der Waals surface area contributed by atoms with Crippen LogP contribution in [0.1, 0.15) is 24.2 Å². The van der Waals surface area contributed by atoms with Gasteiger partial charge in [-0.3, -0.25) is 4.79 Å². The molecule has 1 rings (SSSR count). The fraction of sp³-hybridized carbons (Fsp3) is 0.273. The third-order valence-corrected chi connectivity index (χ3v) is 1.98. The largest absolute Gasteiger partial charge is 0.507 e. The van der Waals surface area contributed by atoms with Crippen molar-refractivity contribution < 1.29 is 9.90 Å². The van der Waals surface area contributed by atoms with E-state index in [1.54, 1.807) is 6.21 Å². The van der Waals surface area contributed by atoms with E-state index in [0.29, 0.717) is 5.02 Å². The molecule has 0 radical (unpaired) electrons. The van der Waals surface area contributed by atoms with E-state index >= 15 is 0 Å². The summed E-state index contributed by atoms with van der Waals surface area (Å²) in [7, 11) is 0. The van der Waals surface area contributed by atoms with E-state index in [9.17, 15) is 9.90 Å². The second kappa shape index (κ2) is 5.51. The number of benzene rings is 1. The lowest BCUT2D eigenvalue weighted by Gasteiger charge is -2.03. The molecule has 0 saturated heterocycles. The van der Waals surface area contributed by atoms with Gasteiger partial charge in [0.1, 0.15) is 5.75 Å². The SMILES string of the molecule is CC(C)/C=N\NC(=O)c1cc(Cl)ccc1O. The van der Waals surface area contributed by atoms with Crippen molar-refractivity contribution in [2.75, 3.05) is 0 Å². The normalized spacial score (nSPS) is 11.0. The average molecular weight is 241 g/mol. The first kappa shape index (κ1) is 12.5. The van der Waals surface area contributed by atoms with Crippen LogP contribution >= 0.6 is 11.6 Å². The van der Waals surface area contributed by atoms with Crippen molar-refractivity contribution in [3.63, 3.8) is 0 Å². The van der Waals surface area contributed by atoms with Gasteiger partial charge in [-0.05, 0) is 24.1 Å². The quantitative estimate of drug-likeness (QED) is 0.630. The Balaban J connectivity index is 2.77. The fourth-order valence-corrected chi connectivity index (χ4v) is 1.17. The van der Waals surface area contributed by atoms with Crippen molar-refractivity contribution in [3.8, 4) is 5.75 Å². The molecule has 0 fully saturated rings. The Morgan fingerprint density at radius 3 is 2.88 bits per heavy atom. The van der Waals surface area contributed by atoms with Crippen molar-refractivity contribution in [2.45, 2.75) is 13.8 Å². The van der Waals surface area contributed by atoms with Gasteiger partial charge in [0, 0.05) is 11.2 Å². The Morgan fingerprint density at radius 1 is 1.56 bits per heavy atom. The molecule has 0 heterocycles. The highest BCUT2D eigenvalue weighted by Gasteiger charge is 2.10. The van der Waals surface area contributed by atoms with Gasteiger partial charge in [0.05, 0.1) is 5.56 Å². The first-order valence-corrected chi connectivity index (χ1v) is 5.20. The summed E-state index contributed by atoms with van der Waals surface area (Å²) in [6.45, 7) is 3.87. The number of amides is 1. The Morgan fingerprint density at radius 2 is 2.25 bits per heavy atom. The van der Waals surface area contributed by atoms with Crippen molar-refractivity contribution in [2.24, 2.45) is 11.0 Å². The van der Waals surface area contributed by atoms with Crippen LogP contribution < -0.4 is 5.43 Å². The number of nitrogens with zero attached hydrogens (tertiary/aromatic N) is 1. The molecule has 0 aromatic heterocycles. The van der Waals surface area contributed by atoms with Crippen molar-refractivity contribution in [3.05, 3.63) is 28.8 Å². The van der Waals surface area contributed by atoms with Crippen LogP contribution in [-0.2, 0) is 0 Å². The van der Waals surface area contributed by atoms with E-state index < -0.39 is 5.91 Å². The zero-order chi connectivity index (χ0) is 12.1. The molecular formula is C11H13ClN2O2. The molecule has 0 saturated carbocycles. The van der Waals surface area contributed by atoms with Crippen LogP contribution in [0.5, 0.6) is 5.75 Å². The van der Waals surface area contributed by atoms with Crippen LogP contribution in [0.15, 0.2) is 23.3 Å². The minimum Gasteiger partial charge on any atom is -0.507 e. The summed E-state index contributed by atoms with van der Waals surface area (Å²) in [5.74, 6) is -0.369. The van der Waals surface area contributed by atoms with E-state index in [0.717, 1.165) is 0 Å². The highest BCUT2D eigenvalue weighted by atomic mass is 35.5. The lowest BCUT2D eigenvalue weighted by atomic mass is 10.2. The number of nitrogens with one attached hydrogen (secondary N) is 1. The van der Waals surface area contributed by atoms with Gasteiger partial charge in [0.25, 0.3) is 5.91 Å². The molecule has 1 amide bonds. The van der Waals surface area contributed by atoms with Crippen LogP contribution in [0, 0.1) is 5.92 Å². The van der Waals surface area contributed by atoms with Crippen molar-refractivity contribution >= 4 is 23.7 Å². The van der Waals surface area contributed by atoms with E-state index in [2.05, 4.69) is 10.5 Å². The molecule has 1 aromatic carbocycles. The Kier molecular flexibility index (Phi) is 4.31. The third-order valence-electron chi connectivity index (χ3n) is 1.74. The molecular weight excluding hydrogens is 228 g/mol. The van der Waals surface area contributed by atoms with Crippen LogP contribution in [0.2, 0.25) is 5.02 Å². The van der Waals surface area contributed by atoms with E-state index in [1.165, 1.54) is 18.2 Å². The molecule has 0 aliphatic carbocycles. The molecule has 0 unspecified atom stereocenters.